The molecule has 0 aliphatic rings. The summed E-state index contributed by atoms with van der Waals surface area (Å²) in [7, 11) is 0. The molecule has 3 rings (SSSR count). The van der Waals surface area contributed by atoms with Crippen LogP contribution in [0.4, 0.5) is 11.4 Å². The van der Waals surface area contributed by atoms with Gasteiger partial charge in [0.1, 0.15) is 5.75 Å². The van der Waals surface area contributed by atoms with E-state index in [9.17, 15) is 19.7 Å². The molecule has 2 N–H and O–H groups in total. The smallest absolute Gasteiger partial charge is 0.271 e. The quantitative estimate of drug-likeness (QED) is 0.263. The van der Waals surface area contributed by atoms with Gasteiger partial charge >= 0.3 is 0 Å². The fourth-order valence-corrected chi connectivity index (χ4v) is 3.16. The van der Waals surface area contributed by atoms with Crippen molar-refractivity contribution in [1.82, 2.24) is 5.43 Å². The lowest BCUT2D eigenvalue weighted by atomic mass is 10.2. The van der Waals surface area contributed by atoms with Crippen LogP contribution in [0.15, 0.2) is 76.3 Å². The van der Waals surface area contributed by atoms with E-state index in [1.807, 2.05) is 25.1 Å². The Kier molecular flexibility index (Phi) is 7.87. The third kappa shape index (κ3) is 6.71. The van der Waals surface area contributed by atoms with Crippen molar-refractivity contribution in [2.45, 2.75) is 6.92 Å². The van der Waals surface area contributed by atoms with Crippen molar-refractivity contribution in [2.24, 2.45) is 5.10 Å². The SMILES string of the molecule is Cc1ccccc1NC(=O)COc1ccc(Br)cc1/C=N/NC(=O)c1cccc([N+](=O)[O-])c1. The maximum absolute atomic E-state index is 12.3. The Morgan fingerprint density at radius 3 is 2.67 bits per heavy atom. The van der Waals surface area contributed by atoms with Gasteiger partial charge in [-0.2, -0.15) is 5.10 Å². The van der Waals surface area contributed by atoms with Crippen LogP contribution >= 0.6 is 15.9 Å². The number of anilines is 1. The number of amides is 2. The molecule has 0 fully saturated rings. The molecule has 3 aromatic carbocycles. The van der Waals surface area contributed by atoms with Gasteiger partial charge in [-0.25, -0.2) is 5.43 Å². The van der Waals surface area contributed by atoms with Gasteiger partial charge in [0.15, 0.2) is 6.61 Å². The van der Waals surface area contributed by atoms with Gasteiger partial charge in [0.25, 0.3) is 17.5 Å². The molecule has 0 radical (unpaired) electrons. The summed E-state index contributed by atoms with van der Waals surface area (Å²) >= 11 is 3.36. The van der Waals surface area contributed by atoms with Crippen LogP contribution in [0.3, 0.4) is 0 Å². The molecule has 2 amide bonds. The van der Waals surface area contributed by atoms with Crippen molar-refractivity contribution in [3.63, 3.8) is 0 Å². The molecular formula is C23H19BrN4O5. The Morgan fingerprint density at radius 2 is 1.91 bits per heavy atom. The van der Waals surface area contributed by atoms with E-state index >= 15 is 0 Å². The van der Waals surface area contributed by atoms with Crippen LogP contribution in [0.2, 0.25) is 0 Å². The number of non-ortho nitro benzene ring substituents is 1. The van der Waals surface area contributed by atoms with E-state index in [2.05, 4.69) is 31.8 Å². The summed E-state index contributed by atoms with van der Waals surface area (Å²) in [5.41, 5.74) is 4.36. The van der Waals surface area contributed by atoms with Crippen LogP contribution < -0.4 is 15.5 Å². The molecule has 0 aromatic heterocycles. The maximum Gasteiger partial charge on any atom is 0.271 e. The fraction of sp³-hybridized carbons (Fsp3) is 0.0870. The molecule has 0 aliphatic carbocycles. The third-order valence-corrected chi connectivity index (χ3v) is 4.93. The monoisotopic (exact) mass is 510 g/mol. The average molecular weight is 511 g/mol. The summed E-state index contributed by atoms with van der Waals surface area (Å²) < 4.78 is 6.38. The molecule has 3 aromatic rings. The normalized spacial score (nSPS) is 10.6. The highest BCUT2D eigenvalue weighted by Gasteiger charge is 2.11. The van der Waals surface area contributed by atoms with Crippen LogP contribution in [-0.4, -0.2) is 29.6 Å². The van der Waals surface area contributed by atoms with Crippen LogP contribution in [0, 0.1) is 17.0 Å². The zero-order valence-corrected chi connectivity index (χ0v) is 19.0. The first kappa shape index (κ1) is 23.6. The lowest BCUT2D eigenvalue weighted by Crippen LogP contribution is -2.21. The van der Waals surface area contributed by atoms with Crippen molar-refractivity contribution in [3.8, 4) is 5.75 Å². The number of rotatable bonds is 8. The predicted octanol–water partition coefficient (Wildman–Crippen LogP) is 4.45. The van der Waals surface area contributed by atoms with E-state index in [4.69, 9.17) is 4.74 Å². The second-order valence-electron chi connectivity index (χ2n) is 6.84. The molecule has 0 saturated heterocycles. The number of halogens is 1. The molecule has 0 atom stereocenters. The van der Waals surface area contributed by atoms with E-state index in [1.165, 1.54) is 24.4 Å². The molecule has 9 nitrogen and oxygen atoms in total. The Hall–Kier alpha value is -4.05. The molecule has 10 heteroatoms. The fourth-order valence-electron chi connectivity index (χ4n) is 2.78. The van der Waals surface area contributed by atoms with Crippen molar-refractivity contribution in [3.05, 3.63) is 98.0 Å². The first-order valence-corrected chi connectivity index (χ1v) is 10.5. The second kappa shape index (κ2) is 11.0. The Bertz CT molecular complexity index is 1230. The van der Waals surface area contributed by atoms with Crippen molar-refractivity contribution >= 4 is 45.3 Å². The standard InChI is InChI=1S/C23H19BrN4O5/c1-15-5-2-3-8-20(15)26-22(29)14-33-21-10-9-18(24)11-17(21)13-25-27-23(30)16-6-4-7-19(12-16)28(31)32/h2-13H,14H2,1H3,(H,26,29)(H,27,30)/b25-13+. The van der Waals surface area contributed by atoms with Crippen LogP contribution in [-0.2, 0) is 4.79 Å². The van der Waals surface area contributed by atoms with E-state index in [-0.39, 0.29) is 23.8 Å². The van der Waals surface area contributed by atoms with Gasteiger partial charge in [-0.05, 0) is 42.8 Å². The molecule has 33 heavy (non-hydrogen) atoms. The van der Waals surface area contributed by atoms with E-state index in [0.29, 0.717) is 17.0 Å². The number of para-hydroxylation sites is 1. The largest absolute Gasteiger partial charge is 0.483 e. The Labute approximate surface area is 197 Å². The molecule has 0 spiro atoms. The number of nitrogens with zero attached hydrogens (tertiary/aromatic N) is 2. The Balaban J connectivity index is 1.64. The molecule has 168 valence electrons. The number of carbonyl (C=O) groups is 2. The first-order chi connectivity index (χ1) is 15.8. The van der Waals surface area contributed by atoms with E-state index in [1.54, 1.807) is 24.3 Å². The van der Waals surface area contributed by atoms with Gasteiger partial charge in [0, 0.05) is 33.4 Å². The minimum atomic E-state index is -0.606. The number of aryl methyl sites for hydroxylation is 1. The number of nitro benzene ring substituents is 1. The summed E-state index contributed by atoms with van der Waals surface area (Å²) in [6.07, 6.45) is 1.36. The summed E-state index contributed by atoms with van der Waals surface area (Å²) in [5.74, 6) is -0.550. The zero-order valence-electron chi connectivity index (χ0n) is 17.4. The summed E-state index contributed by atoms with van der Waals surface area (Å²) in [4.78, 5) is 34.8. The predicted molar refractivity (Wildman–Crippen MR) is 128 cm³/mol. The highest BCUT2D eigenvalue weighted by molar-refractivity contribution is 9.10. The van der Waals surface area contributed by atoms with Gasteiger partial charge in [-0.3, -0.25) is 19.7 Å². The summed E-state index contributed by atoms with van der Waals surface area (Å²) in [6.45, 7) is 1.67. The molecule has 0 saturated carbocycles. The molecular weight excluding hydrogens is 492 g/mol. The van der Waals surface area contributed by atoms with Gasteiger partial charge < -0.3 is 10.1 Å². The number of nitrogens with one attached hydrogen (secondary N) is 2. The van der Waals surface area contributed by atoms with Crippen LogP contribution in [0.5, 0.6) is 5.75 Å². The van der Waals surface area contributed by atoms with Crippen molar-refractivity contribution < 1.29 is 19.2 Å². The molecule has 0 bridgehead atoms. The first-order valence-electron chi connectivity index (χ1n) is 9.69. The number of hydrogen-bond donors (Lipinski definition) is 2. The van der Waals surface area contributed by atoms with Crippen molar-refractivity contribution in [1.29, 1.82) is 0 Å². The number of hydrogen-bond acceptors (Lipinski definition) is 6. The lowest BCUT2D eigenvalue weighted by molar-refractivity contribution is -0.384. The minimum absolute atomic E-state index is 0.0972. The molecule has 0 aliphatic heterocycles. The lowest BCUT2D eigenvalue weighted by Gasteiger charge is -2.11. The third-order valence-electron chi connectivity index (χ3n) is 4.44. The Morgan fingerprint density at radius 1 is 1.12 bits per heavy atom. The average Bonchev–Trinajstić information content (AvgIpc) is 2.80. The summed E-state index contributed by atoms with van der Waals surface area (Å²) in [5, 5.41) is 17.6. The van der Waals surface area contributed by atoms with Crippen molar-refractivity contribution in [2.75, 3.05) is 11.9 Å². The zero-order chi connectivity index (χ0) is 23.8. The number of carbonyl (C=O) groups excluding carboxylic acids is 2. The molecule has 0 unspecified atom stereocenters. The van der Waals surface area contributed by atoms with E-state index in [0.717, 1.165) is 16.1 Å². The highest BCUT2D eigenvalue weighted by atomic mass is 79.9. The van der Waals surface area contributed by atoms with Gasteiger partial charge in [0.05, 0.1) is 11.1 Å². The number of ether oxygens (including phenoxy) is 1. The van der Waals surface area contributed by atoms with Gasteiger partial charge in [-0.1, -0.05) is 40.2 Å². The van der Waals surface area contributed by atoms with Gasteiger partial charge in [0.2, 0.25) is 0 Å². The topological polar surface area (TPSA) is 123 Å². The second-order valence-corrected chi connectivity index (χ2v) is 7.76. The van der Waals surface area contributed by atoms with E-state index < -0.39 is 10.8 Å². The van der Waals surface area contributed by atoms with Crippen LogP contribution in [0.1, 0.15) is 21.5 Å². The summed E-state index contributed by atoms with van der Waals surface area (Å²) in [6, 6.07) is 17.8. The maximum atomic E-state index is 12.3. The number of hydrazone groups is 1. The number of benzene rings is 3. The minimum Gasteiger partial charge on any atom is -0.483 e. The van der Waals surface area contributed by atoms with Crippen LogP contribution in [0.25, 0.3) is 0 Å². The van der Waals surface area contributed by atoms with Gasteiger partial charge in [-0.15, -0.1) is 0 Å². The molecule has 0 heterocycles. The highest BCUT2D eigenvalue weighted by Crippen LogP contribution is 2.22. The number of nitro groups is 1.